The number of aromatic nitrogens is 4. The quantitative estimate of drug-likeness (QED) is 0.1000. The molecule has 1 fully saturated rings. The number of carbonyl (C=O) groups excluding carboxylic acids is 4. The van der Waals surface area contributed by atoms with Crippen LogP contribution in [0.25, 0.3) is 44.2 Å². The van der Waals surface area contributed by atoms with Crippen LogP contribution in [0.3, 0.4) is 0 Å². The van der Waals surface area contributed by atoms with Crippen molar-refractivity contribution in [3.8, 4) is 28.1 Å². The molecule has 2 aliphatic heterocycles. The molecule has 5 aromatic rings. The Balaban J connectivity index is 1.13. The molecule has 1 unspecified atom stereocenters. The Kier molecular flexibility index (Phi) is 12.8. The van der Waals surface area contributed by atoms with Crippen molar-refractivity contribution in [2.45, 2.75) is 89.9 Å². The molecule has 17 heteroatoms. The van der Waals surface area contributed by atoms with Gasteiger partial charge in [-0.1, -0.05) is 25.1 Å². The maximum atomic E-state index is 13.9. The molecule has 0 saturated carbocycles. The van der Waals surface area contributed by atoms with Crippen LogP contribution in [0.2, 0.25) is 0 Å². The van der Waals surface area contributed by atoms with E-state index < -0.39 is 42.5 Å². The van der Waals surface area contributed by atoms with E-state index in [0.717, 1.165) is 68.3 Å². The zero-order valence-corrected chi connectivity index (χ0v) is 35.8. The first-order valence-corrected chi connectivity index (χ1v) is 20.5. The molecule has 17 nitrogen and oxygen atoms in total. The lowest BCUT2D eigenvalue weighted by atomic mass is 9.92. The van der Waals surface area contributed by atoms with Crippen molar-refractivity contribution in [1.29, 1.82) is 0 Å². The average molecular weight is 839 g/mol. The number of imidazole rings is 2. The summed E-state index contributed by atoms with van der Waals surface area (Å²) in [4.78, 5) is 72.0. The maximum absolute atomic E-state index is 13.9. The number of alkyl carbamates (subject to hydrolysis) is 2. The number of aromatic amines is 2. The summed E-state index contributed by atoms with van der Waals surface area (Å²) in [7, 11) is 5.49. The van der Waals surface area contributed by atoms with E-state index in [1.807, 2.05) is 32.0 Å². The van der Waals surface area contributed by atoms with Crippen molar-refractivity contribution >= 4 is 45.8 Å². The Morgan fingerprint density at radius 1 is 0.918 bits per heavy atom. The maximum Gasteiger partial charge on any atom is 0.407 e. The van der Waals surface area contributed by atoms with Crippen LogP contribution in [0.5, 0.6) is 5.75 Å². The minimum Gasteiger partial charge on any atom is -0.488 e. The summed E-state index contributed by atoms with van der Waals surface area (Å²) >= 11 is 0. The normalized spacial score (nSPS) is 17.0. The lowest BCUT2D eigenvalue weighted by Gasteiger charge is -2.33. The molecule has 4 heterocycles. The van der Waals surface area contributed by atoms with E-state index in [9.17, 15) is 19.2 Å². The molecule has 0 spiro atoms. The number of fused-ring (bicyclic) bond motifs is 6. The topological polar surface area (TPSA) is 202 Å². The van der Waals surface area contributed by atoms with E-state index in [0.29, 0.717) is 37.8 Å². The van der Waals surface area contributed by atoms with Crippen LogP contribution in [-0.2, 0) is 35.1 Å². The summed E-state index contributed by atoms with van der Waals surface area (Å²) in [5.74, 6) is 1.45. The molecule has 61 heavy (non-hydrogen) atoms. The Bertz CT molecular complexity index is 2430. The molecule has 6 atom stereocenters. The van der Waals surface area contributed by atoms with Crippen molar-refractivity contribution in [3.05, 3.63) is 65.9 Å². The largest absolute Gasteiger partial charge is 0.488 e. The first-order valence-electron chi connectivity index (χ1n) is 20.5. The summed E-state index contributed by atoms with van der Waals surface area (Å²) in [5.41, 5.74) is 6.35. The fraction of sp³-hybridized carbons (Fsp3) is 0.455. The SMILES string of the molecule is CCCN(C(=O)[C@@H](NC(=O)OC)[C@@H](C)OC)[C@@H](C)c1nc2c(ccc3cc4c(cc32)OCc2cc(-c3cnc([C@@H]5CCCN5C(=O)C(NC(=O)OC)[C@@H](C)OC)[nH]3)ccc2-4)[nH]1. The van der Waals surface area contributed by atoms with Gasteiger partial charge in [-0.25, -0.2) is 19.6 Å². The minimum absolute atomic E-state index is 0.261. The second-order valence-corrected chi connectivity index (χ2v) is 15.5. The number of methoxy groups -OCH3 is 4. The van der Waals surface area contributed by atoms with Crippen molar-refractivity contribution in [2.24, 2.45) is 0 Å². The van der Waals surface area contributed by atoms with E-state index in [1.54, 1.807) is 29.8 Å². The van der Waals surface area contributed by atoms with E-state index in [2.05, 4.69) is 44.9 Å². The molecule has 1 saturated heterocycles. The predicted octanol–water partition coefficient (Wildman–Crippen LogP) is 6.15. The van der Waals surface area contributed by atoms with Gasteiger partial charge in [-0.05, 0) is 86.4 Å². The van der Waals surface area contributed by atoms with Gasteiger partial charge in [0.2, 0.25) is 11.8 Å². The van der Waals surface area contributed by atoms with Crippen molar-refractivity contribution < 1.29 is 42.9 Å². The van der Waals surface area contributed by atoms with Gasteiger partial charge in [0, 0.05) is 38.3 Å². The number of nitrogens with one attached hydrogen (secondary N) is 4. The second kappa shape index (κ2) is 18.2. The molecular weight excluding hydrogens is 785 g/mol. The number of ether oxygens (including phenoxy) is 5. The fourth-order valence-corrected chi connectivity index (χ4v) is 8.28. The third-order valence-corrected chi connectivity index (χ3v) is 11.9. The lowest BCUT2D eigenvalue weighted by molar-refractivity contribution is -0.139. The first kappa shape index (κ1) is 42.9. The second-order valence-electron chi connectivity index (χ2n) is 15.5. The van der Waals surface area contributed by atoms with Crippen molar-refractivity contribution in [1.82, 2.24) is 40.4 Å². The lowest BCUT2D eigenvalue weighted by Crippen LogP contribution is -2.54. The van der Waals surface area contributed by atoms with Gasteiger partial charge in [0.15, 0.2) is 0 Å². The number of benzene rings is 3. The highest BCUT2D eigenvalue weighted by molar-refractivity contribution is 6.07. The van der Waals surface area contributed by atoms with Crippen LogP contribution >= 0.6 is 0 Å². The predicted molar refractivity (Wildman–Crippen MR) is 227 cm³/mol. The third-order valence-electron chi connectivity index (χ3n) is 11.9. The zero-order valence-electron chi connectivity index (χ0n) is 35.8. The molecular formula is C44H54N8O9. The molecule has 7 rings (SSSR count). The van der Waals surface area contributed by atoms with Crippen molar-refractivity contribution in [3.63, 3.8) is 0 Å². The van der Waals surface area contributed by atoms with E-state index >= 15 is 0 Å². The number of rotatable bonds is 14. The molecule has 3 aromatic carbocycles. The molecule has 4 N–H and O–H groups in total. The number of nitrogens with zero attached hydrogens (tertiary/aromatic N) is 4. The summed E-state index contributed by atoms with van der Waals surface area (Å²) in [5, 5.41) is 7.15. The van der Waals surface area contributed by atoms with Crippen LogP contribution in [0, 0.1) is 0 Å². The summed E-state index contributed by atoms with van der Waals surface area (Å²) in [6.45, 7) is 8.67. The minimum atomic E-state index is -0.959. The average Bonchev–Trinajstić information content (AvgIpc) is 4.08. The van der Waals surface area contributed by atoms with Crippen LogP contribution in [-0.4, -0.2) is 120 Å². The molecule has 0 bridgehead atoms. The highest BCUT2D eigenvalue weighted by atomic mass is 16.5. The third kappa shape index (κ3) is 8.44. The first-order chi connectivity index (χ1) is 29.4. The molecule has 4 amide bonds. The van der Waals surface area contributed by atoms with Gasteiger partial charge in [-0.15, -0.1) is 0 Å². The van der Waals surface area contributed by atoms with Crippen LogP contribution in [0.15, 0.2) is 48.7 Å². The van der Waals surface area contributed by atoms with Crippen LogP contribution in [0.1, 0.15) is 76.3 Å². The monoisotopic (exact) mass is 838 g/mol. The molecule has 0 radical (unpaired) electrons. The van der Waals surface area contributed by atoms with Crippen LogP contribution < -0.4 is 15.4 Å². The number of carbonyl (C=O) groups is 4. The highest BCUT2D eigenvalue weighted by Gasteiger charge is 2.39. The summed E-state index contributed by atoms with van der Waals surface area (Å²) < 4.78 is 26.8. The Morgan fingerprint density at radius 2 is 1.64 bits per heavy atom. The van der Waals surface area contributed by atoms with Crippen molar-refractivity contribution in [2.75, 3.05) is 41.5 Å². The number of H-pyrrole nitrogens is 2. The van der Waals surface area contributed by atoms with E-state index in [4.69, 9.17) is 33.7 Å². The van der Waals surface area contributed by atoms with Gasteiger partial charge in [0.05, 0.1) is 61.4 Å². The number of hydrogen-bond acceptors (Lipinski definition) is 11. The van der Waals surface area contributed by atoms with Gasteiger partial charge in [0.25, 0.3) is 0 Å². The van der Waals surface area contributed by atoms with Crippen LogP contribution in [0.4, 0.5) is 9.59 Å². The standard InChI is InChI=1S/C44H54N8O9/c1-9-16-51(41(53)36(24(3)57-5)49-43(55)59-7)23(2)39-46-32-15-13-26-19-31-29-14-12-27(18-28(29)22-61-35(31)20-30(26)38(32)48-39)33-21-45-40(47-33)34-11-10-17-52(34)42(54)37(25(4)58-6)50-44(56)60-8/h12-15,18-21,23-25,34,36-37H,9-11,16-17,22H2,1-8H3,(H,45,47)(H,46,48)(H,49,55)(H,50,56)/t23-,24+,25+,34-,36-,37?/m0/s1. The molecule has 0 aliphatic carbocycles. The summed E-state index contributed by atoms with van der Waals surface area (Å²) in [6.07, 6.45) is 1.39. The van der Waals surface area contributed by atoms with Gasteiger partial charge < -0.3 is 54.1 Å². The summed E-state index contributed by atoms with van der Waals surface area (Å²) in [6, 6.07) is 11.8. The number of likely N-dealkylation sites (tertiary alicyclic amines) is 1. The van der Waals surface area contributed by atoms with Gasteiger partial charge in [-0.2, -0.15) is 0 Å². The van der Waals surface area contributed by atoms with E-state index in [-0.39, 0.29) is 17.9 Å². The zero-order chi connectivity index (χ0) is 43.5. The number of amides is 4. The van der Waals surface area contributed by atoms with E-state index in [1.165, 1.54) is 28.4 Å². The van der Waals surface area contributed by atoms with Gasteiger partial charge >= 0.3 is 12.2 Å². The fourth-order valence-electron chi connectivity index (χ4n) is 8.28. The molecule has 2 aromatic heterocycles. The smallest absolute Gasteiger partial charge is 0.407 e. The van der Waals surface area contributed by atoms with Gasteiger partial charge in [0.1, 0.15) is 36.1 Å². The Labute approximate surface area is 353 Å². The Morgan fingerprint density at radius 3 is 2.34 bits per heavy atom. The molecule has 324 valence electrons. The van der Waals surface area contributed by atoms with Gasteiger partial charge in [-0.3, -0.25) is 9.59 Å². The number of hydrogen-bond donors (Lipinski definition) is 4. The molecule has 2 aliphatic rings. The Hall–Kier alpha value is -6.20. The highest BCUT2D eigenvalue weighted by Crippen LogP contribution is 2.43.